The first-order valence-electron chi connectivity index (χ1n) is 8.68. The molecule has 0 saturated carbocycles. The van der Waals surface area contributed by atoms with Crippen molar-refractivity contribution in [2.24, 2.45) is 0 Å². The van der Waals surface area contributed by atoms with Crippen LogP contribution in [0, 0.1) is 5.82 Å². The maximum absolute atomic E-state index is 14.1. The van der Waals surface area contributed by atoms with E-state index in [0.29, 0.717) is 23.3 Å². The number of nitrogens with zero attached hydrogens (tertiary/aromatic N) is 3. The van der Waals surface area contributed by atoms with Crippen molar-refractivity contribution in [2.75, 3.05) is 11.4 Å². The first-order valence-corrected chi connectivity index (χ1v) is 8.68. The Morgan fingerprint density at radius 2 is 1.68 bits per heavy atom. The van der Waals surface area contributed by atoms with E-state index in [9.17, 15) is 22.4 Å². The van der Waals surface area contributed by atoms with Crippen LogP contribution in [0.25, 0.3) is 5.69 Å². The molecule has 1 amide bonds. The summed E-state index contributed by atoms with van der Waals surface area (Å²) in [6.07, 6.45) is -2.64. The number of rotatable bonds is 2. The SMILES string of the molecule is O=C(c1cnn(-c2ccccc2F)c1C(F)(F)F)N1CCCc2ccccc21. The van der Waals surface area contributed by atoms with Crippen molar-refractivity contribution in [3.63, 3.8) is 0 Å². The molecule has 144 valence electrons. The van der Waals surface area contributed by atoms with Crippen LogP contribution in [-0.4, -0.2) is 22.2 Å². The quantitative estimate of drug-likeness (QED) is 0.600. The summed E-state index contributed by atoms with van der Waals surface area (Å²) < 4.78 is 56.0. The Morgan fingerprint density at radius 1 is 1.00 bits per heavy atom. The van der Waals surface area contributed by atoms with Crippen molar-refractivity contribution in [3.8, 4) is 5.69 Å². The summed E-state index contributed by atoms with van der Waals surface area (Å²) in [7, 11) is 0. The van der Waals surface area contributed by atoms with Gasteiger partial charge in [0, 0.05) is 12.2 Å². The second-order valence-corrected chi connectivity index (χ2v) is 6.46. The summed E-state index contributed by atoms with van der Waals surface area (Å²) in [4.78, 5) is 14.4. The summed E-state index contributed by atoms with van der Waals surface area (Å²) in [5.41, 5.74) is -0.770. The van der Waals surface area contributed by atoms with Gasteiger partial charge in [-0.2, -0.15) is 18.3 Å². The Bertz CT molecular complexity index is 1040. The van der Waals surface area contributed by atoms with Crippen LogP contribution in [0.1, 0.15) is 28.0 Å². The molecule has 0 aliphatic carbocycles. The molecule has 0 atom stereocenters. The van der Waals surface area contributed by atoms with Gasteiger partial charge >= 0.3 is 6.18 Å². The van der Waals surface area contributed by atoms with E-state index in [1.807, 2.05) is 12.1 Å². The van der Waals surface area contributed by atoms with Crippen molar-refractivity contribution in [3.05, 3.63) is 77.4 Å². The minimum absolute atomic E-state index is 0.304. The van der Waals surface area contributed by atoms with Crippen molar-refractivity contribution in [1.29, 1.82) is 0 Å². The summed E-state index contributed by atoms with van der Waals surface area (Å²) in [5.74, 6) is -1.67. The maximum atomic E-state index is 14.1. The number of halogens is 4. The summed E-state index contributed by atoms with van der Waals surface area (Å²) in [6, 6.07) is 12.1. The molecule has 1 aromatic heterocycles. The molecule has 1 aliphatic rings. The molecular weight excluding hydrogens is 374 g/mol. The lowest BCUT2D eigenvalue weighted by atomic mass is 10.0. The third kappa shape index (κ3) is 3.04. The molecule has 0 bridgehead atoms. The Hall–Kier alpha value is -3.16. The number of fused-ring (bicyclic) bond motifs is 1. The van der Waals surface area contributed by atoms with Gasteiger partial charge in [0.05, 0.1) is 11.8 Å². The molecule has 2 heterocycles. The van der Waals surface area contributed by atoms with Gasteiger partial charge in [-0.3, -0.25) is 4.79 Å². The van der Waals surface area contributed by atoms with Crippen LogP contribution in [0.2, 0.25) is 0 Å². The standard InChI is InChI=1S/C20H15F4N3O/c21-15-8-2-4-10-17(15)27-18(20(22,23)24)14(12-25-27)19(28)26-11-5-7-13-6-1-3-9-16(13)26/h1-4,6,8-10,12H,5,7,11H2. The lowest BCUT2D eigenvalue weighted by Crippen LogP contribution is -2.36. The Kier molecular flexibility index (Phi) is 4.41. The van der Waals surface area contributed by atoms with Gasteiger partial charge in [-0.25, -0.2) is 9.07 Å². The highest BCUT2D eigenvalue weighted by atomic mass is 19.4. The van der Waals surface area contributed by atoms with Crippen LogP contribution < -0.4 is 4.90 Å². The molecule has 0 fully saturated rings. The monoisotopic (exact) mass is 389 g/mol. The van der Waals surface area contributed by atoms with E-state index in [1.165, 1.54) is 23.1 Å². The van der Waals surface area contributed by atoms with Crippen molar-refractivity contribution < 1.29 is 22.4 Å². The van der Waals surface area contributed by atoms with Gasteiger partial charge in [0.15, 0.2) is 5.69 Å². The normalized spacial score (nSPS) is 14.1. The summed E-state index contributed by atoms with van der Waals surface area (Å²) >= 11 is 0. The summed E-state index contributed by atoms with van der Waals surface area (Å²) in [5, 5.41) is 3.69. The summed E-state index contributed by atoms with van der Waals surface area (Å²) in [6.45, 7) is 0.304. The molecule has 1 aliphatic heterocycles. The van der Waals surface area contributed by atoms with Gasteiger partial charge in [-0.1, -0.05) is 30.3 Å². The van der Waals surface area contributed by atoms with Crippen molar-refractivity contribution in [1.82, 2.24) is 9.78 Å². The van der Waals surface area contributed by atoms with Crippen LogP contribution in [-0.2, 0) is 12.6 Å². The molecule has 4 rings (SSSR count). The van der Waals surface area contributed by atoms with Crippen LogP contribution in [0.15, 0.2) is 54.7 Å². The largest absolute Gasteiger partial charge is 0.434 e. The highest BCUT2D eigenvalue weighted by Crippen LogP contribution is 2.36. The number of aryl methyl sites for hydroxylation is 1. The Morgan fingerprint density at radius 3 is 2.39 bits per heavy atom. The topological polar surface area (TPSA) is 38.1 Å². The molecule has 4 nitrogen and oxygen atoms in total. The average Bonchev–Trinajstić information content (AvgIpc) is 3.13. The Labute approximate surface area is 158 Å². The fourth-order valence-electron chi connectivity index (χ4n) is 3.47. The lowest BCUT2D eigenvalue weighted by Gasteiger charge is -2.29. The van der Waals surface area contributed by atoms with Gasteiger partial charge < -0.3 is 4.90 Å². The lowest BCUT2D eigenvalue weighted by molar-refractivity contribution is -0.143. The third-order valence-electron chi connectivity index (χ3n) is 4.70. The number of carbonyl (C=O) groups is 1. The molecule has 3 aromatic rings. The van der Waals surface area contributed by atoms with Crippen LogP contribution in [0.5, 0.6) is 0 Å². The highest BCUT2D eigenvalue weighted by molar-refractivity contribution is 6.07. The molecular formula is C20H15F4N3O. The first kappa shape index (κ1) is 18.2. The second kappa shape index (κ2) is 6.78. The predicted octanol–water partition coefficient (Wildman–Crippen LogP) is 4.62. The zero-order valence-corrected chi connectivity index (χ0v) is 14.6. The van der Waals surface area contributed by atoms with Gasteiger partial charge in [0.2, 0.25) is 0 Å². The van der Waals surface area contributed by atoms with Crippen LogP contribution in [0.3, 0.4) is 0 Å². The number of para-hydroxylation sites is 2. The van der Waals surface area contributed by atoms with E-state index in [1.54, 1.807) is 12.1 Å². The van der Waals surface area contributed by atoms with Crippen LogP contribution in [0.4, 0.5) is 23.2 Å². The van der Waals surface area contributed by atoms with Crippen molar-refractivity contribution in [2.45, 2.75) is 19.0 Å². The zero-order chi connectivity index (χ0) is 19.9. The van der Waals surface area contributed by atoms with E-state index < -0.39 is 29.2 Å². The smallest absolute Gasteiger partial charge is 0.308 e. The molecule has 0 unspecified atom stereocenters. The molecule has 0 saturated heterocycles. The average molecular weight is 389 g/mol. The van der Waals surface area contributed by atoms with Crippen LogP contribution >= 0.6 is 0 Å². The fraction of sp³-hybridized carbons (Fsp3) is 0.200. The molecule has 28 heavy (non-hydrogen) atoms. The minimum atomic E-state index is -4.89. The number of benzene rings is 2. The molecule has 0 spiro atoms. The minimum Gasteiger partial charge on any atom is -0.308 e. The highest BCUT2D eigenvalue weighted by Gasteiger charge is 2.42. The Balaban J connectivity index is 1.84. The zero-order valence-electron chi connectivity index (χ0n) is 14.6. The van der Waals surface area contributed by atoms with E-state index in [2.05, 4.69) is 5.10 Å². The van der Waals surface area contributed by atoms with Gasteiger partial charge in [-0.05, 0) is 36.6 Å². The number of anilines is 1. The number of hydrogen-bond acceptors (Lipinski definition) is 2. The fourth-order valence-corrected chi connectivity index (χ4v) is 3.47. The van der Waals surface area contributed by atoms with Gasteiger partial charge in [0.25, 0.3) is 5.91 Å². The number of hydrogen-bond donors (Lipinski definition) is 0. The predicted molar refractivity (Wildman–Crippen MR) is 95.0 cm³/mol. The molecule has 2 aromatic carbocycles. The number of alkyl halides is 3. The van der Waals surface area contributed by atoms with Gasteiger partial charge in [0.1, 0.15) is 11.5 Å². The number of amides is 1. The maximum Gasteiger partial charge on any atom is 0.434 e. The van der Waals surface area contributed by atoms with Gasteiger partial charge in [-0.15, -0.1) is 0 Å². The van der Waals surface area contributed by atoms with E-state index in [0.717, 1.165) is 24.2 Å². The number of aromatic nitrogens is 2. The van der Waals surface area contributed by atoms with E-state index in [-0.39, 0.29) is 5.69 Å². The van der Waals surface area contributed by atoms with E-state index >= 15 is 0 Å². The van der Waals surface area contributed by atoms with Crippen molar-refractivity contribution >= 4 is 11.6 Å². The molecule has 8 heteroatoms. The first-order chi connectivity index (χ1) is 13.4. The number of carbonyl (C=O) groups excluding carboxylic acids is 1. The second-order valence-electron chi connectivity index (χ2n) is 6.46. The van der Waals surface area contributed by atoms with E-state index in [4.69, 9.17) is 0 Å². The molecule has 0 radical (unpaired) electrons. The molecule has 0 N–H and O–H groups in total. The third-order valence-corrected chi connectivity index (χ3v) is 4.70.